The fourth-order valence-electron chi connectivity index (χ4n) is 1.93. The Morgan fingerprint density at radius 3 is 2.38 bits per heavy atom. The zero-order valence-electron chi connectivity index (χ0n) is 12.6. The van der Waals surface area contributed by atoms with E-state index in [-0.39, 0.29) is 11.7 Å². The van der Waals surface area contributed by atoms with Gasteiger partial charge < -0.3 is 10.4 Å². The SMILES string of the molecule is CC(C)Cc1ccc(CC(=O)NCCSCC(=O)O)cc1. The summed E-state index contributed by atoms with van der Waals surface area (Å²) in [7, 11) is 0. The first kappa shape index (κ1) is 17.6. The Bertz CT molecular complexity index is 457. The van der Waals surface area contributed by atoms with E-state index in [1.54, 1.807) is 0 Å². The second kappa shape index (κ2) is 9.45. The number of hydrogen-bond acceptors (Lipinski definition) is 3. The summed E-state index contributed by atoms with van der Waals surface area (Å²) < 4.78 is 0. The minimum absolute atomic E-state index is 0.0254. The number of thioether (sulfide) groups is 1. The topological polar surface area (TPSA) is 66.4 Å². The molecule has 0 atom stereocenters. The Balaban J connectivity index is 2.26. The van der Waals surface area contributed by atoms with Gasteiger partial charge in [-0.15, -0.1) is 11.8 Å². The Morgan fingerprint density at radius 1 is 1.19 bits per heavy atom. The molecule has 0 aliphatic carbocycles. The number of hydrogen-bond donors (Lipinski definition) is 2. The molecule has 0 fully saturated rings. The third kappa shape index (κ3) is 8.40. The molecule has 1 aromatic carbocycles. The molecule has 1 amide bonds. The molecule has 0 aromatic heterocycles. The van der Waals surface area contributed by atoms with E-state index >= 15 is 0 Å². The van der Waals surface area contributed by atoms with E-state index in [2.05, 4.69) is 31.3 Å². The lowest BCUT2D eigenvalue weighted by atomic mass is 10.0. The van der Waals surface area contributed by atoms with Gasteiger partial charge in [-0.2, -0.15) is 0 Å². The van der Waals surface area contributed by atoms with Crippen molar-refractivity contribution >= 4 is 23.6 Å². The molecule has 116 valence electrons. The van der Waals surface area contributed by atoms with E-state index in [1.165, 1.54) is 17.3 Å². The summed E-state index contributed by atoms with van der Waals surface area (Å²) in [5.41, 5.74) is 2.29. The first-order valence-electron chi connectivity index (χ1n) is 7.11. The highest BCUT2D eigenvalue weighted by Gasteiger charge is 2.04. The summed E-state index contributed by atoms with van der Waals surface area (Å²) in [5, 5.41) is 11.3. The third-order valence-corrected chi connectivity index (χ3v) is 3.77. The molecule has 1 aromatic rings. The van der Waals surface area contributed by atoms with Crippen molar-refractivity contribution in [3.05, 3.63) is 35.4 Å². The molecule has 2 N–H and O–H groups in total. The minimum atomic E-state index is -0.826. The number of rotatable bonds is 9. The first-order chi connectivity index (χ1) is 9.97. The lowest BCUT2D eigenvalue weighted by molar-refractivity contribution is -0.133. The number of nitrogens with one attached hydrogen (secondary N) is 1. The molecule has 0 aliphatic heterocycles. The molecule has 21 heavy (non-hydrogen) atoms. The zero-order valence-corrected chi connectivity index (χ0v) is 13.4. The van der Waals surface area contributed by atoms with Crippen LogP contribution >= 0.6 is 11.8 Å². The van der Waals surface area contributed by atoms with Crippen molar-refractivity contribution in [3.8, 4) is 0 Å². The van der Waals surface area contributed by atoms with Crippen LogP contribution in [0, 0.1) is 5.92 Å². The number of carbonyl (C=O) groups excluding carboxylic acids is 1. The van der Waals surface area contributed by atoms with Gasteiger partial charge in [0, 0.05) is 12.3 Å². The number of benzene rings is 1. The van der Waals surface area contributed by atoms with Gasteiger partial charge in [-0.05, 0) is 23.5 Å². The quantitative estimate of drug-likeness (QED) is 0.687. The van der Waals surface area contributed by atoms with Gasteiger partial charge in [0.25, 0.3) is 0 Å². The van der Waals surface area contributed by atoms with E-state index in [4.69, 9.17) is 5.11 Å². The van der Waals surface area contributed by atoms with Crippen molar-refractivity contribution < 1.29 is 14.7 Å². The van der Waals surface area contributed by atoms with Crippen LogP contribution in [0.5, 0.6) is 0 Å². The van der Waals surface area contributed by atoms with Gasteiger partial charge in [0.15, 0.2) is 0 Å². The van der Waals surface area contributed by atoms with Crippen LogP contribution < -0.4 is 5.32 Å². The van der Waals surface area contributed by atoms with Crippen LogP contribution in [0.3, 0.4) is 0 Å². The Kier molecular flexibility index (Phi) is 7.90. The normalized spacial score (nSPS) is 10.6. The zero-order chi connectivity index (χ0) is 15.7. The van der Waals surface area contributed by atoms with E-state index in [9.17, 15) is 9.59 Å². The Morgan fingerprint density at radius 2 is 1.81 bits per heavy atom. The van der Waals surface area contributed by atoms with Crippen LogP contribution in [0.4, 0.5) is 0 Å². The summed E-state index contributed by atoms with van der Waals surface area (Å²) in [5.74, 6) is 0.469. The van der Waals surface area contributed by atoms with E-state index < -0.39 is 5.97 Å². The second-order valence-corrected chi connectivity index (χ2v) is 6.49. The van der Waals surface area contributed by atoms with Crippen molar-refractivity contribution in [3.63, 3.8) is 0 Å². The Labute approximate surface area is 130 Å². The Hall–Kier alpha value is -1.49. The largest absolute Gasteiger partial charge is 0.481 e. The molecular formula is C16H23NO3S. The van der Waals surface area contributed by atoms with Gasteiger partial charge in [-0.1, -0.05) is 38.1 Å². The number of carboxylic acid groups (broad SMARTS) is 1. The highest BCUT2D eigenvalue weighted by atomic mass is 32.2. The fraction of sp³-hybridized carbons (Fsp3) is 0.500. The fourth-order valence-corrected chi connectivity index (χ4v) is 2.50. The maximum Gasteiger partial charge on any atom is 0.313 e. The summed E-state index contributed by atoms with van der Waals surface area (Å²) in [4.78, 5) is 22.1. The summed E-state index contributed by atoms with van der Waals surface area (Å²) in [6.45, 7) is 4.87. The maximum atomic E-state index is 11.7. The van der Waals surface area contributed by atoms with E-state index in [1.807, 2.05) is 12.1 Å². The van der Waals surface area contributed by atoms with Gasteiger partial charge >= 0.3 is 5.97 Å². The smallest absolute Gasteiger partial charge is 0.313 e. The van der Waals surface area contributed by atoms with E-state index in [0.29, 0.717) is 24.6 Å². The number of aliphatic carboxylic acids is 1. The first-order valence-corrected chi connectivity index (χ1v) is 8.27. The molecule has 0 saturated heterocycles. The van der Waals surface area contributed by atoms with Crippen molar-refractivity contribution in [2.75, 3.05) is 18.1 Å². The molecule has 5 heteroatoms. The molecule has 0 spiro atoms. The van der Waals surface area contributed by atoms with Crippen molar-refractivity contribution in [2.45, 2.75) is 26.7 Å². The monoisotopic (exact) mass is 309 g/mol. The van der Waals surface area contributed by atoms with Crippen molar-refractivity contribution in [1.82, 2.24) is 5.32 Å². The highest BCUT2D eigenvalue weighted by molar-refractivity contribution is 7.99. The van der Waals surface area contributed by atoms with Gasteiger partial charge in [-0.25, -0.2) is 0 Å². The number of carboxylic acids is 1. The van der Waals surface area contributed by atoms with E-state index in [0.717, 1.165) is 12.0 Å². The van der Waals surface area contributed by atoms with Crippen LogP contribution in [-0.4, -0.2) is 35.0 Å². The highest BCUT2D eigenvalue weighted by Crippen LogP contribution is 2.10. The standard InChI is InChI=1S/C16H23NO3S/c1-12(2)9-13-3-5-14(6-4-13)10-15(18)17-7-8-21-11-16(19)20/h3-6,12H,7-11H2,1-2H3,(H,17,18)(H,19,20). The molecule has 1 rings (SSSR count). The lowest BCUT2D eigenvalue weighted by Gasteiger charge is -2.07. The van der Waals surface area contributed by atoms with Crippen molar-refractivity contribution in [1.29, 1.82) is 0 Å². The molecular weight excluding hydrogens is 286 g/mol. The van der Waals surface area contributed by atoms with Gasteiger partial charge in [-0.3, -0.25) is 9.59 Å². The lowest BCUT2D eigenvalue weighted by Crippen LogP contribution is -2.27. The minimum Gasteiger partial charge on any atom is -0.481 e. The summed E-state index contributed by atoms with van der Waals surface area (Å²) in [6.07, 6.45) is 1.42. The van der Waals surface area contributed by atoms with Crippen LogP contribution in [-0.2, 0) is 22.4 Å². The molecule has 0 radical (unpaired) electrons. The maximum absolute atomic E-state index is 11.7. The molecule has 0 heterocycles. The molecule has 0 unspecified atom stereocenters. The predicted molar refractivity (Wildman–Crippen MR) is 86.7 cm³/mol. The van der Waals surface area contributed by atoms with Gasteiger partial charge in [0.05, 0.1) is 12.2 Å². The molecule has 4 nitrogen and oxygen atoms in total. The number of carbonyl (C=O) groups is 2. The van der Waals surface area contributed by atoms with Gasteiger partial charge in [0.1, 0.15) is 0 Å². The van der Waals surface area contributed by atoms with Crippen LogP contribution in [0.25, 0.3) is 0 Å². The molecule has 0 saturated carbocycles. The summed E-state index contributed by atoms with van der Waals surface area (Å²) in [6, 6.07) is 8.14. The molecule has 0 bridgehead atoms. The average Bonchev–Trinajstić information content (AvgIpc) is 2.39. The third-order valence-electron chi connectivity index (χ3n) is 2.83. The van der Waals surface area contributed by atoms with Crippen LogP contribution in [0.15, 0.2) is 24.3 Å². The van der Waals surface area contributed by atoms with Crippen LogP contribution in [0.2, 0.25) is 0 Å². The predicted octanol–water partition coefficient (Wildman–Crippen LogP) is 2.36. The average molecular weight is 309 g/mol. The molecule has 0 aliphatic rings. The van der Waals surface area contributed by atoms with Gasteiger partial charge in [0.2, 0.25) is 5.91 Å². The van der Waals surface area contributed by atoms with Crippen molar-refractivity contribution in [2.24, 2.45) is 5.92 Å². The summed E-state index contributed by atoms with van der Waals surface area (Å²) >= 11 is 1.30. The van der Waals surface area contributed by atoms with Crippen LogP contribution in [0.1, 0.15) is 25.0 Å². The second-order valence-electron chi connectivity index (χ2n) is 5.39. The number of amides is 1.